The smallest absolute Gasteiger partial charge is 0.332 e. The van der Waals surface area contributed by atoms with E-state index < -0.39 is 64.6 Å². The maximum Gasteiger partial charge on any atom is 0.332 e. The summed E-state index contributed by atoms with van der Waals surface area (Å²) < 4.78 is 5.71. The number of Topliss-reactive ketones (excluding diaryl/α,β-unsaturated/α-hetero) is 1. The minimum atomic E-state index is -1.24. The third-order valence-corrected chi connectivity index (χ3v) is 10.7. The zero-order valence-electron chi connectivity index (χ0n) is 30.0. The number of nitrogens with two attached hydrogens (primary N) is 1. The molecule has 1 heterocycles. The summed E-state index contributed by atoms with van der Waals surface area (Å²) in [5, 5.41) is 8.57. The Morgan fingerprint density at radius 3 is 2.22 bits per heavy atom. The number of carbonyl (C=O) groups excluding carboxylic acids is 6. The van der Waals surface area contributed by atoms with Gasteiger partial charge in [-0.2, -0.15) is 0 Å². The predicted octanol–water partition coefficient (Wildman–Crippen LogP) is 3.67. The first-order chi connectivity index (χ1) is 23.6. The number of hydrogen-bond donors (Lipinski definition) is 4. The molecule has 4 atom stereocenters. The summed E-state index contributed by atoms with van der Waals surface area (Å²) in [4.78, 5) is 82.1. The van der Waals surface area contributed by atoms with Crippen molar-refractivity contribution in [3.63, 3.8) is 0 Å². The van der Waals surface area contributed by atoms with Crippen LogP contribution in [0.1, 0.15) is 98.0 Å². The molecule has 1 aromatic rings. The second kappa shape index (κ2) is 14.9. The van der Waals surface area contributed by atoms with Crippen LogP contribution in [-0.4, -0.2) is 70.6 Å². The van der Waals surface area contributed by atoms with Crippen LogP contribution >= 0.6 is 0 Å². The predicted molar refractivity (Wildman–Crippen MR) is 186 cm³/mol. The number of nitrogens with zero attached hydrogens (tertiary/aromatic N) is 1. The standard InChI is InChI=1S/C38H53N5O7/c1-22(2)26-19-25-20-43(29(28(25)26)33(46)40-27(18-23-14-15-23)30(44)32(39)45)34(47)31(37(3,4)5)41-36(49)42-38(16-10-7-11-17-38)35(48)50-21-24-12-8-6-9-13-24/h6,8-9,12-13,22-23,25,27,29,31H,7,10-11,14-21H2,1-5H3,(H2,39,45)(H,40,46)(H2,41,42,49)/t25-,27?,29-,31+/m0/s1. The zero-order valence-corrected chi connectivity index (χ0v) is 30.0. The normalized spacial score (nSPS) is 22.5. The molecule has 50 heavy (non-hydrogen) atoms. The number of carbonyl (C=O) groups is 6. The van der Waals surface area contributed by atoms with E-state index in [4.69, 9.17) is 10.5 Å². The van der Waals surface area contributed by atoms with Gasteiger partial charge in [0.05, 0.1) is 6.04 Å². The summed E-state index contributed by atoms with van der Waals surface area (Å²) in [5.74, 6) is -3.10. The van der Waals surface area contributed by atoms with Gasteiger partial charge in [0.25, 0.3) is 5.91 Å². The second-order valence-electron chi connectivity index (χ2n) is 16.0. The van der Waals surface area contributed by atoms with E-state index in [9.17, 15) is 28.8 Å². The van der Waals surface area contributed by atoms with Gasteiger partial charge in [-0.15, -0.1) is 0 Å². The van der Waals surface area contributed by atoms with Crippen molar-refractivity contribution in [3.8, 4) is 0 Å². The topological polar surface area (TPSA) is 177 Å². The van der Waals surface area contributed by atoms with Crippen molar-refractivity contribution in [1.29, 1.82) is 0 Å². The Bertz CT molecular complexity index is 1520. The van der Waals surface area contributed by atoms with Gasteiger partial charge in [0, 0.05) is 12.5 Å². The molecule has 4 aliphatic rings. The second-order valence-corrected chi connectivity index (χ2v) is 16.0. The summed E-state index contributed by atoms with van der Waals surface area (Å²) in [5.41, 5.74) is 6.12. The number of esters is 1. The molecule has 1 aliphatic heterocycles. The summed E-state index contributed by atoms with van der Waals surface area (Å²) in [6, 6.07) is 5.54. The quantitative estimate of drug-likeness (QED) is 0.139. The van der Waals surface area contributed by atoms with Crippen LogP contribution in [0.5, 0.6) is 0 Å². The summed E-state index contributed by atoms with van der Waals surface area (Å²) >= 11 is 0. The highest BCUT2D eigenvalue weighted by Gasteiger charge is 2.53. The van der Waals surface area contributed by atoms with Crippen molar-refractivity contribution >= 4 is 35.5 Å². The molecule has 5 rings (SSSR count). The van der Waals surface area contributed by atoms with Crippen LogP contribution in [0, 0.1) is 23.2 Å². The molecule has 1 unspecified atom stereocenters. The lowest BCUT2D eigenvalue weighted by Gasteiger charge is -2.38. The molecule has 0 aromatic heterocycles. The van der Waals surface area contributed by atoms with Crippen LogP contribution in [0.2, 0.25) is 0 Å². The molecule has 272 valence electrons. The minimum Gasteiger partial charge on any atom is -0.459 e. The number of amides is 5. The first-order valence-corrected chi connectivity index (χ1v) is 18.1. The Hall–Kier alpha value is -4.22. The van der Waals surface area contributed by atoms with Crippen molar-refractivity contribution in [2.45, 2.75) is 123 Å². The van der Waals surface area contributed by atoms with Gasteiger partial charge in [-0.25, -0.2) is 9.59 Å². The van der Waals surface area contributed by atoms with E-state index in [0.29, 0.717) is 19.3 Å². The maximum absolute atomic E-state index is 14.6. The lowest BCUT2D eigenvalue weighted by molar-refractivity contribution is -0.154. The van der Waals surface area contributed by atoms with E-state index in [1.165, 1.54) is 4.90 Å². The van der Waals surface area contributed by atoms with E-state index in [-0.39, 0.29) is 30.9 Å². The molecule has 0 radical (unpaired) electrons. The molecule has 12 heteroatoms. The van der Waals surface area contributed by atoms with E-state index in [2.05, 4.69) is 16.0 Å². The minimum absolute atomic E-state index is 0.0276. The fourth-order valence-corrected chi connectivity index (χ4v) is 7.70. The molecule has 1 saturated heterocycles. The van der Waals surface area contributed by atoms with E-state index >= 15 is 0 Å². The van der Waals surface area contributed by atoms with Crippen LogP contribution in [0.15, 0.2) is 41.5 Å². The molecule has 0 bridgehead atoms. The molecule has 1 aromatic carbocycles. The summed E-state index contributed by atoms with van der Waals surface area (Å²) in [6.07, 6.45) is 6.11. The lowest BCUT2D eigenvalue weighted by atomic mass is 9.72. The SMILES string of the molecule is CC(C)C1=C2[C@@H](C1)CN(C(=O)[C@@H](NC(=O)NC1(C(=O)OCc3ccccc3)CCCCC1)C(C)(C)C)[C@@H]2C(=O)NC(CC1CC1)C(=O)C(N)=O. The molecule has 5 amide bonds. The Morgan fingerprint density at radius 1 is 0.980 bits per heavy atom. The molecule has 0 spiro atoms. The van der Waals surface area contributed by atoms with E-state index in [0.717, 1.165) is 55.2 Å². The van der Waals surface area contributed by atoms with Crippen LogP contribution in [0.3, 0.4) is 0 Å². The van der Waals surface area contributed by atoms with Gasteiger partial charge < -0.3 is 31.3 Å². The number of hydrogen-bond acceptors (Lipinski definition) is 7. The third kappa shape index (κ3) is 8.21. The molecule has 5 N–H and O–H groups in total. The highest BCUT2D eigenvalue weighted by atomic mass is 16.5. The Morgan fingerprint density at radius 2 is 1.64 bits per heavy atom. The molecule has 3 aliphatic carbocycles. The van der Waals surface area contributed by atoms with Gasteiger partial charge in [0.2, 0.25) is 17.6 Å². The average molecular weight is 692 g/mol. The Balaban J connectivity index is 1.36. The van der Waals surface area contributed by atoms with Crippen molar-refractivity contribution in [2.75, 3.05) is 6.54 Å². The van der Waals surface area contributed by atoms with Crippen molar-refractivity contribution < 1.29 is 33.5 Å². The first kappa shape index (κ1) is 37.0. The maximum atomic E-state index is 14.6. The highest BCUT2D eigenvalue weighted by molar-refractivity contribution is 6.37. The fourth-order valence-electron chi connectivity index (χ4n) is 7.70. The number of rotatable bonds is 13. The van der Waals surface area contributed by atoms with Gasteiger partial charge in [-0.05, 0) is 54.1 Å². The largest absolute Gasteiger partial charge is 0.459 e. The van der Waals surface area contributed by atoms with Crippen LogP contribution in [0.4, 0.5) is 4.79 Å². The number of likely N-dealkylation sites (tertiary alicyclic amines) is 1. The van der Waals surface area contributed by atoms with Gasteiger partial charge in [0.15, 0.2) is 0 Å². The van der Waals surface area contributed by atoms with Gasteiger partial charge in [0.1, 0.15) is 24.2 Å². The van der Waals surface area contributed by atoms with Gasteiger partial charge in [-0.3, -0.25) is 19.2 Å². The summed E-state index contributed by atoms with van der Waals surface area (Å²) in [7, 11) is 0. The average Bonchev–Trinajstić information content (AvgIpc) is 3.83. The molecular weight excluding hydrogens is 638 g/mol. The fraction of sp³-hybridized carbons (Fsp3) is 0.632. The highest BCUT2D eigenvalue weighted by Crippen LogP contribution is 2.48. The zero-order chi connectivity index (χ0) is 36.4. The first-order valence-electron chi connectivity index (χ1n) is 18.1. The number of benzene rings is 1. The van der Waals surface area contributed by atoms with Crippen LogP contribution < -0.4 is 21.7 Å². The number of primary amides is 1. The molecule has 12 nitrogen and oxygen atoms in total. The van der Waals surface area contributed by atoms with Crippen molar-refractivity contribution in [1.82, 2.24) is 20.9 Å². The van der Waals surface area contributed by atoms with Crippen molar-refractivity contribution in [2.24, 2.45) is 28.9 Å². The van der Waals surface area contributed by atoms with Gasteiger partial charge in [-0.1, -0.05) is 103 Å². The van der Waals surface area contributed by atoms with E-state index in [1.54, 1.807) is 0 Å². The monoisotopic (exact) mass is 691 g/mol. The van der Waals surface area contributed by atoms with E-state index in [1.807, 2.05) is 65.0 Å². The Kier molecular flexibility index (Phi) is 11.1. The van der Waals surface area contributed by atoms with Crippen LogP contribution in [-0.2, 0) is 35.3 Å². The van der Waals surface area contributed by atoms with Crippen LogP contribution in [0.25, 0.3) is 0 Å². The molecule has 3 fully saturated rings. The third-order valence-electron chi connectivity index (χ3n) is 10.7. The number of fused-ring (bicyclic) bond motifs is 1. The number of urea groups is 1. The number of nitrogens with one attached hydrogen (secondary N) is 3. The number of ether oxygens (including phenoxy) is 1. The molecular formula is C38H53N5O7. The summed E-state index contributed by atoms with van der Waals surface area (Å²) in [6.45, 7) is 9.93. The molecule has 2 saturated carbocycles. The van der Waals surface area contributed by atoms with Gasteiger partial charge >= 0.3 is 12.0 Å². The van der Waals surface area contributed by atoms with Crippen molar-refractivity contribution in [3.05, 3.63) is 47.0 Å². The Labute approximate surface area is 294 Å². The lowest BCUT2D eigenvalue weighted by Crippen LogP contribution is -2.64. The number of ketones is 1. The number of allylic oxidation sites excluding steroid dienone is 1.